The number of nitrogens with zero attached hydrogens (tertiary/aromatic N) is 2. The van der Waals surface area contributed by atoms with Crippen molar-refractivity contribution < 1.29 is 27.1 Å². The van der Waals surface area contributed by atoms with Crippen molar-refractivity contribution in [1.29, 1.82) is 0 Å². The van der Waals surface area contributed by atoms with Crippen molar-refractivity contribution in [3.05, 3.63) is 53.8 Å². The maximum absolute atomic E-state index is 15.5. The van der Waals surface area contributed by atoms with E-state index in [9.17, 15) is 18.0 Å². The average molecular weight is 520 g/mol. The van der Waals surface area contributed by atoms with E-state index >= 15 is 4.39 Å². The first-order valence-electron chi connectivity index (χ1n) is 11.8. The van der Waals surface area contributed by atoms with Crippen molar-refractivity contribution in [1.82, 2.24) is 4.90 Å². The minimum Gasteiger partial charge on any atom is -0.444 e. The van der Waals surface area contributed by atoms with E-state index in [2.05, 4.69) is 0 Å². The Labute approximate surface area is 212 Å². The second-order valence-electron chi connectivity index (χ2n) is 10.9. The number of anilines is 1. The molecule has 10 heteroatoms. The van der Waals surface area contributed by atoms with Crippen LogP contribution in [0.1, 0.15) is 59.9 Å². The molecule has 2 aromatic rings. The molecule has 8 nitrogen and oxygen atoms in total. The molecule has 1 unspecified atom stereocenters. The Bertz CT molecular complexity index is 1270. The summed E-state index contributed by atoms with van der Waals surface area (Å²) in [7, 11) is -4.71. The van der Waals surface area contributed by atoms with Gasteiger partial charge in [-0.1, -0.05) is 51.1 Å². The van der Waals surface area contributed by atoms with Crippen LogP contribution in [0.2, 0.25) is 0 Å². The van der Waals surface area contributed by atoms with Gasteiger partial charge in [-0.25, -0.2) is 14.3 Å². The standard InChI is InChI=1S/C26H34FN3O5S/c1-25(2,3)19-11-8-7-10-18(19)17-13-14-21(20(27)16-17)30(36(28,33)34)23(31)22-12-9-15-29(22)24(32)35-26(4,5)6/h7-8,10-11,13-14,16,22H,9,12,15H2,1-6H3,(H2,28,33,34). The van der Waals surface area contributed by atoms with Gasteiger partial charge in [-0.15, -0.1) is 0 Å². The Kier molecular flexibility index (Phi) is 7.53. The smallest absolute Gasteiger partial charge is 0.410 e. The first kappa shape index (κ1) is 27.6. The minimum absolute atomic E-state index is 0.197. The van der Waals surface area contributed by atoms with E-state index in [1.807, 2.05) is 45.0 Å². The predicted molar refractivity (Wildman–Crippen MR) is 137 cm³/mol. The number of benzene rings is 2. The lowest BCUT2D eigenvalue weighted by atomic mass is 9.82. The zero-order chi connectivity index (χ0) is 27.1. The van der Waals surface area contributed by atoms with Crippen LogP contribution in [0, 0.1) is 5.82 Å². The molecule has 2 aromatic carbocycles. The van der Waals surface area contributed by atoms with Crippen LogP contribution >= 0.6 is 0 Å². The highest BCUT2D eigenvalue weighted by Crippen LogP contribution is 2.35. The zero-order valence-electron chi connectivity index (χ0n) is 21.5. The molecule has 36 heavy (non-hydrogen) atoms. The second kappa shape index (κ2) is 9.82. The molecule has 1 heterocycles. The number of carbonyl (C=O) groups excluding carboxylic acids is 2. The van der Waals surface area contributed by atoms with Crippen molar-refractivity contribution in [3.63, 3.8) is 0 Å². The summed E-state index contributed by atoms with van der Waals surface area (Å²) in [5, 5.41) is 5.38. The summed E-state index contributed by atoms with van der Waals surface area (Å²) in [5.74, 6) is -1.94. The van der Waals surface area contributed by atoms with Gasteiger partial charge in [0.15, 0.2) is 0 Å². The molecular formula is C26H34FN3O5S. The van der Waals surface area contributed by atoms with Crippen LogP contribution in [0.3, 0.4) is 0 Å². The molecule has 0 aromatic heterocycles. The fraction of sp³-hybridized carbons (Fsp3) is 0.462. The minimum atomic E-state index is -4.71. The van der Waals surface area contributed by atoms with Crippen LogP contribution < -0.4 is 9.44 Å². The molecule has 0 saturated carbocycles. The van der Waals surface area contributed by atoms with Crippen molar-refractivity contribution in [2.45, 2.75) is 71.4 Å². The summed E-state index contributed by atoms with van der Waals surface area (Å²) in [4.78, 5) is 27.2. The molecule has 196 valence electrons. The van der Waals surface area contributed by atoms with Crippen molar-refractivity contribution in [3.8, 4) is 11.1 Å². The summed E-state index contributed by atoms with van der Waals surface area (Å²) in [6, 6.07) is 10.3. The predicted octanol–water partition coefficient (Wildman–Crippen LogP) is 4.73. The maximum atomic E-state index is 15.5. The number of rotatable bonds is 4. The van der Waals surface area contributed by atoms with Crippen LogP contribution in [-0.2, 0) is 25.2 Å². The number of carbonyl (C=O) groups is 2. The third-order valence-corrected chi connectivity index (χ3v) is 6.72. The van der Waals surface area contributed by atoms with E-state index < -0.39 is 45.4 Å². The third-order valence-electron chi connectivity index (χ3n) is 5.83. The molecule has 1 fully saturated rings. The van der Waals surface area contributed by atoms with E-state index in [-0.39, 0.29) is 22.7 Å². The number of likely N-dealkylation sites (tertiary alicyclic amines) is 1. The van der Waals surface area contributed by atoms with Crippen LogP contribution in [-0.4, -0.2) is 43.5 Å². The largest absolute Gasteiger partial charge is 0.444 e. The van der Waals surface area contributed by atoms with Crippen LogP contribution in [0.15, 0.2) is 42.5 Å². The number of amides is 2. The molecule has 1 atom stereocenters. The van der Waals surface area contributed by atoms with E-state index in [0.29, 0.717) is 12.0 Å². The van der Waals surface area contributed by atoms with Gasteiger partial charge in [0.2, 0.25) is 0 Å². The lowest BCUT2D eigenvalue weighted by Crippen LogP contribution is -2.52. The van der Waals surface area contributed by atoms with Crippen molar-refractivity contribution >= 4 is 27.9 Å². The van der Waals surface area contributed by atoms with Gasteiger partial charge in [0, 0.05) is 6.54 Å². The molecule has 0 aliphatic carbocycles. The lowest BCUT2D eigenvalue weighted by Gasteiger charge is -2.30. The maximum Gasteiger partial charge on any atom is 0.410 e. The van der Waals surface area contributed by atoms with Crippen molar-refractivity contribution in [2.75, 3.05) is 10.8 Å². The Morgan fingerprint density at radius 3 is 2.28 bits per heavy atom. The molecule has 2 N–H and O–H groups in total. The van der Waals surface area contributed by atoms with Gasteiger partial charge in [0.05, 0.1) is 5.69 Å². The van der Waals surface area contributed by atoms with E-state index in [1.54, 1.807) is 26.8 Å². The first-order chi connectivity index (χ1) is 16.5. The lowest BCUT2D eigenvalue weighted by molar-refractivity contribution is -0.121. The quantitative estimate of drug-likeness (QED) is 0.628. The molecule has 0 radical (unpaired) electrons. The van der Waals surface area contributed by atoms with Crippen LogP contribution in [0.4, 0.5) is 14.9 Å². The van der Waals surface area contributed by atoms with E-state index in [1.165, 1.54) is 12.1 Å². The van der Waals surface area contributed by atoms with Gasteiger partial charge >= 0.3 is 16.3 Å². The van der Waals surface area contributed by atoms with Gasteiger partial charge in [0.1, 0.15) is 17.5 Å². The molecular weight excluding hydrogens is 485 g/mol. The van der Waals surface area contributed by atoms with E-state index in [4.69, 9.17) is 9.88 Å². The van der Waals surface area contributed by atoms with Crippen molar-refractivity contribution in [2.24, 2.45) is 5.14 Å². The summed E-state index contributed by atoms with van der Waals surface area (Å²) >= 11 is 0. The van der Waals surface area contributed by atoms with Crippen LogP contribution in [0.25, 0.3) is 11.1 Å². The topological polar surface area (TPSA) is 110 Å². The van der Waals surface area contributed by atoms with Gasteiger partial charge in [0.25, 0.3) is 5.91 Å². The highest BCUT2D eigenvalue weighted by molar-refractivity contribution is 7.91. The number of ether oxygens (including phenoxy) is 1. The number of nitrogens with two attached hydrogens (primary N) is 1. The average Bonchev–Trinajstić information content (AvgIpc) is 3.22. The Balaban J connectivity index is 2.01. The summed E-state index contributed by atoms with van der Waals surface area (Å²) in [6.45, 7) is 11.4. The highest BCUT2D eigenvalue weighted by Gasteiger charge is 2.42. The first-order valence-corrected chi connectivity index (χ1v) is 13.3. The molecule has 1 aliphatic rings. The SMILES string of the molecule is CC(C)(C)OC(=O)N1CCCC1C(=O)N(c1ccc(-c2ccccc2C(C)(C)C)cc1F)S(N)(=O)=O. The zero-order valence-corrected chi connectivity index (χ0v) is 22.4. The van der Waals surface area contributed by atoms with Crippen LogP contribution in [0.5, 0.6) is 0 Å². The third kappa shape index (κ3) is 6.04. The van der Waals surface area contributed by atoms with Gasteiger partial charge in [-0.2, -0.15) is 12.7 Å². The molecule has 0 bridgehead atoms. The van der Waals surface area contributed by atoms with E-state index in [0.717, 1.165) is 16.0 Å². The normalized spacial score (nSPS) is 16.7. The van der Waals surface area contributed by atoms with Gasteiger partial charge < -0.3 is 4.74 Å². The monoisotopic (exact) mass is 519 g/mol. The fourth-order valence-corrected chi connectivity index (χ4v) is 5.10. The number of halogens is 1. The Morgan fingerprint density at radius 2 is 1.72 bits per heavy atom. The van der Waals surface area contributed by atoms with Gasteiger partial charge in [-0.3, -0.25) is 9.69 Å². The summed E-state index contributed by atoms with van der Waals surface area (Å²) < 4.78 is 46.1. The Morgan fingerprint density at radius 1 is 1.08 bits per heavy atom. The summed E-state index contributed by atoms with van der Waals surface area (Å²) in [5.41, 5.74) is 0.766. The molecule has 1 saturated heterocycles. The summed E-state index contributed by atoms with van der Waals surface area (Å²) in [6.07, 6.45) is -0.0932. The number of hydrogen-bond acceptors (Lipinski definition) is 5. The number of hydrogen-bond donors (Lipinski definition) is 1. The molecule has 0 spiro atoms. The van der Waals surface area contributed by atoms with Gasteiger partial charge in [-0.05, 0) is 67.9 Å². The fourth-order valence-electron chi connectivity index (χ4n) is 4.31. The second-order valence-corrected chi connectivity index (χ2v) is 12.3. The molecule has 3 rings (SSSR count). The highest BCUT2D eigenvalue weighted by atomic mass is 32.2. The Hall–Kier alpha value is -2.98. The molecule has 1 aliphatic heterocycles. The molecule has 2 amide bonds.